The Labute approximate surface area is 235 Å². The molecule has 1 heterocycles. The Morgan fingerprint density at radius 1 is 0.550 bits per heavy atom. The van der Waals surface area contributed by atoms with Gasteiger partial charge in [0.2, 0.25) is 0 Å². The summed E-state index contributed by atoms with van der Waals surface area (Å²) in [5.74, 6) is 0. The van der Waals surface area contributed by atoms with Crippen LogP contribution in [-0.2, 0) is 0 Å². The second-order valence-corrected chi connectivity index (χ2v) is 9.70. The Hall–Kier alpha value is -4.88. The fourth-order valence-electron chi connectivity index (χ4n) is 5.88. The maximum atomic E-state index is 6.14. The molecule has 0 bridgehead atoms. The van der Waals surface area contributed by atoms with Gasteiger partial charge in [-0.15, -0.1) is 0 Å². The number of hydrogen-bond acceptors (Lipinski definition) is 1. The van der Waals surface area contributed by atoms with Crippen molar-refractivity contribution in [3.8, 4) is 22.3 Å². The minimum absolute atomic E-state index is 0.906. The number of fused-ring (bicyclic) bond motifs is 5. The monoisotopic (exact) mass is 516 g/mol. The van der Waals surface area contributed by atoms with Crippen molar-refractivity contribution in [3.05, 3.63) is 133 Å². The van der Waals surface area contributed by atoms with Crippen molar-refractivity contribution in [1.29, 1.82) is 0 Å². The lowest BCUT2D eigenvalue weighted by Crippen LogP contribution is -1.96. The first-order valence-corrected chi connectivity index (χ1v) is 14.0. The zero-order valence-corrected chi connectivity index (χ0v) is 23.2. The summed E-state index contributed by atoms with van der Waals surface area (Å²) in [5.41, 5.74) is 8.93. The summed E-state index contributed by atoms with van der Waals surface area (Å²) < 4.78 is 6.14. The van der Waals surface area contributed by atoms with E-state index in [-0.39, 0.29) is 0 Å². The zero-order valence-electron chi connectivity index (χ0n) is 23.2. The van der Waals surface area contributed by atoms with Crippen molar-refractivity contribution in [2.45, 2.75) is 20.8 Å². The van der Waals surface area contributed by atoms with E-state index in [9.17, 15) is 0 Å². The topological polar surface area (TPSA) is 13.1 Å². The van der Waals surface area contributed by atoms with E-state index in [4.69, 9.17) is 4.42 Å². The van der Waals surface area contributed by atoms with E-state index in [1.807, 2.05) is 32.1 Å². The summed E-state index contributed by atoms with van der Waals surface area (Å²) in [6, 6.07) is 38.8. The highest BCUT2D eigenvalue weighted by Crippen LogP contribution is 2.44. The summed E-state index contributed by atoms with van der Waals surface area (Å²) in [7, 11) is 0. The Kier molecular flexibility index (Phi) is 6.80. The van der Waals surface area contributed by atoms with Crippen molar-refractivity contribution in [1.82, 2.24) is 0 Å². The van der Waals surface area contributed by atoms with Crippen molar-refractivity contribution >= 4 is 55.6 Å². The van der Waals surface area contributed by atoms with E-state index in [0.29, 0.717) is 0 Å². The Morgan fingerprint density at radius 3 is 1.85 bits per heavy atom. The van der Waals surface area contributed by atoms with Gasteiger partial charge in [0, 0.05) is 10.8 Å². The molecule has 40 heavy (non-hydrogen) atoms. The van der Waals surface area contributed by atoms with E-state index < -0.39 is 0 Å². The second-order valence-electron chi connectivity index (χ2n) is 9.70. The van der Waals surface area contributed by atoms with Crippen molar-refractivity contribution < 1.29 is 4.42 Å². The third-order valence-corrected chi connectivity index (χ3v) is 7.54. The van der Waals surface area contributed by atoms with E-state index in [2.05, 4.69) is 123 Å². The lowest BCUT2D eigenvalue weighted by molar-refractivity contribution is 0.669. The maximum absolute atomic E-state index is 6.14. The molecular weight excluding hydrogens is 484 g/mol. The summed E-state index contributed by atoms with van der Waals surface area (Å²) in [6.45, 7) is 10.4. The lowest BCUT2D eigenvalue weighted by Gasteiger charge is -2.20. The molecule has 0 amide bonds. The fourth-order valence-corrected chi connectivity index (χ4v) is 5.88. The average molecular weight is 517 g/mol. The van der Waals surface area contributed by atoms with Crippen LogP contribution in [0, 0.1) is 0 Å². The number of rotatable bonds is 4. The van der Waals surface area contributed by atoms with Gasteiger partial charge in [0.05, 0.1) is 0 Å². The predicted octanol–water partition coefficient (Wildman–Crippen LogP) is 11.9. The summed E-state index contributed by atoms with van der Waals surface area (Å²) in [4.78, 5) is 0. The minimum atomic E-state index is 0.906. The van der Waals surface area contributed by atoms with Gasteiger partial charge >= 0.3 is 0 Å². The molecule has 0 aliphatic carbocycles. The molecule has 7 rings (SSSR count). The Balaban J connectivity index is 0.00000142. The van der Waals surface area contributed by atoms with E-state index in [1.54, 1.807) is 0 Å². The maximum Gasteiger partial charge on any atom is 0.135 e. The van der Waals surface area contributed by atoms with Crippen LogP contribution in [0.3, 0.4) is 0 Å². The lowest BCUT2D eigenvalue weighted by atomic mass is 9.83. The number of hydrogen-bond donors (Lipinski definition) is 0. The molecule has 0 aliphatic rings. The molecule has 1 aromatic heterocycles. The molecule has 0 atom stereocenters. The van der Waals surface area contributed by atoms with E-state index >= 15 is 0 Å². The molecule has 0 fully saturated rings. The highest BCUT2D eigenvalue weighted by Gasteiger charge is 2.20. The Morgan fingerprint density at radius 2 is 1.12 bits per heavy atom. The van der Waals surface area contributed by atoms with Crippen molar-refractivity contribution in [3.63, 3.8) is 0 Å². The van der Waals surface area contributed by atoms with Crippen molar-refractivity contribution in [2.24, 2.45) is 0 Å². The fraction of sp³-hybridized carbons (Fsp3) is 0.0769. The van der Waals surface area contributed by atoms with Crippen LogP contribution in [0.25, 0.3) is 77.9 Å². The van der Waals surface area contributed by atoms with Crippen LogP contribution in [0.1, 0.15) is 31.9 Å². The molecule has 0 saturated carbocycles. The number of para-hydroxylation sites is 1. The third kappa shape index (κ3) is 4.12. The average Bonchev–Trinajstić information content (AvgIpc) is 3.39. The minimum Gasteiger partial charge on any atom is -0.456 e. The van der Waals surface area contributed by atoms with Gasteiger partial charge in [0.1, 0.15) is 11.2 Å². The van der Waals surface area contributed by atoms with Crippen LogP contribution < -0.4 is 0 Å². The Bertz CT molecular complexity index is 2050. The summed E-state index contributed by atoms with van der Waals surface area (Å²) >= 11 is 0. The molecule has 6 aromatic carbocycles. The van der Waals surface area contributed by atoms with Gasteiger partial charge < -0.3 is 4.42 Å². The van der Waals surface area contributed by atoms with Gasteiger partial charge in [-0.1, -0.05) is 124 Å². The predicted molar refractivity (Wildman–Crippen MR) is 176 cm³/mol. The van der Waals surface area contributed by atoms with Gasteiger partial charge in [-0.3, -0.25) is 0 Å². The molecule has 194 valence electrons. The number of allylic oxidation sites excluding steroid dienone is 1. The van der Waals surface area contributed by atoms with Crippen LogP contribution in [0.2, 0.25) is 0 Å². The molecule has 0 spiro atoms. The molecule has 0 aliphatic heterocycles. The zero-order chi connectivity index (χ0) is 27.6. The van der Waals surface area contributed by atoms with E-state index in [1.165, 1.54) is 49.4 Å². The summed E-state index contributed by atoms with van der Waals surface area (Å²) in [6.07, 6.45) is 6.36. The van der Waals surface area contributed by atoms with Crippen LogP contribution in [0.15, 0.2) is 126 Å². The molecular formula is C39H32O. The first kappa shape index (κ1) is 25.4. The van der Waals surface area contributed by atoms with Gasteiger partial charge in [-0.05, 0) is 86.1 Å². The molecule has 0 N–H and O–H groups in total. The highest BCUT2D eigenvalue weighted by molar-refractivity contribution is 6.14. The molecule has 1 nitrogen and oxygen atoms in total. The normalized spacial score (nSPS) is 11.4. The number of benzene rings is 6. The smallest absolute Gasteiger partial charge is 0.135 e. The van der Waals surface area contributed by atoms with Crippen LogP contribution in [-0.4, -0.2) is 0 Å². The standard InChI is InChI=1S/C37H26O.C2H6/c1-3-11-30-28(4-2)36(26-19-18-24-12-5-6-13-25(24)22-26)31-15-7-8-16-32(31)37(30)27-20-21-35-33(23-27)29-14-9-10-17-34(29)38-35;1-2/h3-23H,2H2,1H3;1-2H3/b11-3-;. The number of furan rings is 1. The molecule has 1 heteroatoms. The summed E-state index contributed by atoms with van der Waals surface area (Å²) in [5, 5.41) is 7.19. The van der Waals surface area contributed by atoms with Gasteiger partial charge in [0.15, 0.2) is 0 Å². The van der Waals surface area contributed by atoms with Gasteiger partial charge in [-0.25, -0.2) is 0 Å². The van der Waals surface area contributed by atoms with Crippen LogP contribution in [0.4, 0.5) is 0 Å². The van der Waals surface area contributed by atoms with Gasteiger partial charge in [-0.2, -0.15) is 0 Å². The van der Waals surface area contributed by atoms with Crippen LogP contribution in [0.5, 0.6) is 0 Å². The molecule has 7 aromatic rings. The SMILES string of the molecule is C=Cc1c(/C=C\C)c(-c2ccc3oc4ccccc4c3c2)c2ccccc2c1-c1ccc2ccccc2c1.CC. The van der Waals surface area contributed by atoms with Crippen LogP contribution >= 0.6 is 0 Å². The van der Waals surface area contributed by atoms with E-state index in [0.717, 1.165) is 27.5 Å². The largest absolute Gasteiger partial charge is 0.456 e. The third-order valence-electron chi connectivity index (χ3n) is 7.54. The first-order chi connectivity index (χ1) is 19.8. The quantitative estimate of drug-likeness (QED) is 0.227. The molecule has 0 unspecified atom stereocenters. The van der Waals surface area contributed by atoms with Crippen molar-refractivity contribution in [2.75, 3.05) is 0 Å². The highest BCUT2D eigenvalue weighted by atomic mass is 16.3. The first-order valence-electron chi connectivity index (χ1n) is 14.0. The second kappa shape index (κ2) is 10.7. The van der Waals surface area contributed by atoms with Gasteiger partial charge in [0.25, 0.3) is 0 Å². The molecule has 0 radical (unpaired) electrons. The molecule has 0 saturated heterocycles.